The molecule has 1 heterocycles. The van der Waals surface area contributed by atoms with Crippen LogP contribution in [0.5, 0.6) is 0 Å². The van der Waals surface area contributed by atoms with Crippen molar-refractivity contribution in [3.8, 4) is 10.6 Å². The van der Waals surface area contributed by atoms with E-state index in [0.717, 1.165) is 11.4 Å². The summed E-state index contributed by atoms with van der Waals surface area (Å²) in [5.41, 5.74) is 1.19. The maximum absolute atomic E-state index is 4.34. The molecule has 0 amide bonds. The van der Waals surface area contributed by atoms with E-state index in [4.69, 9.17) is 0 Å². The average Bonchev–Trinajstić information content (AvgIpc) is 2.67. The van der Waals surface area contributed by atoms with Crippen molar-refractivity contribution in [2.24, 2.45) is 0 Å². The Labute approximate surface area is 82.1 Å². The first-order valence-electron chi connectivity index (χ1n) is 4.19. The number of benzene rings is 1. The van der Waals surface area contributed by atoms with Crippen LogP contribution in [0.4, 0.5) is 0 Å². The Kier molecular flexibility index (Phi) is 2.41. The largest absolute Gasteiger partial charge is 0.244 e. The van der Waals surface area contributed by atoms with Gasteiger partial charge in [-0.05, 0) is 13.3 Å². The van der Waals surface area contributed by atoms with Gasteiger partial charge in [-0.25, -0.2) is 4.98 Å². The van der Waals surface area contributed by atoms with Crippen LogP contribution in [0.1, 0.15) is 4.88 Å². The molecule has 1 nitrogen and oxygen atoms in total. The lowest BCUT2D eigenvalue weighted by molar-refractivity contribution is 1.29. The molecule has 1 aromatic carbocycles. The summed E-state index contributed by atoms with van der Waals surface area (Å²) in [4.78, 5) is 5.57. The van der Waals surface area contributed by atoms with Gasteiger partial charge in [0.05, 0.1) is 0 Å². The zero-order valence-corrected chi connectivity index (χ0v) is 8.05. The maximum atomic E-state index is 4.34. The summed E-state index contributed by atoms with van der Waals surface area (Å²) < 4.78 is 0. The lowest BCUT2D eigenvalue weighted by atomic mass is 10.2. The monoisotopic (exact) mass is 188 g/mol. The van der Waals surface area contributed by atoms with E-state index >= 15 is 0 Å². The maximum Gasteiger partial charge on any atom is 0.123 e. The number of thiazole rings is 1. The third-order valence-electron chi connectivity index (χ3n) is 1.82. The number of hydrogen-bond donors (Lipinski definition) is 0. The van der Waals surface area contributed by atoms with Crippen molar-refractivity contribution in [1.29, 1.82) is 0 Å². The Bertz CT molecular complexity index is 378. The summed E-state index contributed by atoms with van der Waals surface area (Å²) >= 11 is 1.71. The average molecular weight is 188 g/mol. The quantitative estimate of drug-likeness (QED) is 0.705. The minimum absolute atomic E-state index is 0.824. The van der Waals surface area contributed by atoms with Gasteiger partial charge in [0, 0.05) is 16.6 Å². The first-order chi connectivity index (χ1) is 6.40. The summed E-state index contributed by atoms with van der Waals surface area (Å²) in [5.74, 6) is 0. The Balaban J connectivity index is 2.36. The summed E-state index contributed by atoms with van der Waals surface area (Å²) in [7, 11) is 0. The van der Waals surface area contributed by atoms with Gasteiger partial charge in [-0.2, -0.15) is 0 Å². The molecule has 0 N–H and O–H groups in total. The predicted octanol–water partition coefficient (Wildman–Crippen LogP) is 3.19. The van der Waals surface area contributed by atoms with Gasteiger partial charge in [-0.3, -0.25) is 0 Å². The third kappa shape index (κ3) is 1.78. The highest BCUT2D eigenvalue weighted by atomic mass is 32.1. The summed E-state index contributed by atoms with van der Waals surface area (Å²) in [6.45, 7) is 3.83. The molecule has 1 radical (unpaired) electrons. The Morgan fingerprint density at radius 1 is 1.23 bits per heavy atom. The van der Waals surface area contributed by atoms with Gasteiger partial charge in [0.1, 0.15) is 5.01 Å². The molecule has 2 heteroatoms. The zero-order valence-electron chi connectivity index (χ0n) is 7.23. The van der Waals surface area contributed by atoms with Crippen molar-refractivity contribution in [3.05, 3.63) is 48.3 Å². The van der Waals surface area contributed by atoms with Crippen LogP contribution in [0.2, 0.25) is 0 Å². The van der Waals surface area contributed by atoms with Crippen molar-refractivity contribution in [2.75, 3.05) is 0 Å². The van der Waals surface area contributed by atoms with E-state index in [-0.39, 0.29) is 0 Å². The van der Waals surface area contributed by atoms with Gasteiger partial charge in [0.15, 0.2) is 0 Å². The second-order valence-electron chi connectivity index (χ2n) is 2.75. The van der Waals surface area contributed by atoms with E-state index in [1.165, 1.54) is 10.4 Å². The minimum atomic E-state index is 0.824. The van der Waals surface area contributed by atoms with Gasteiger partial charge in [-0.15, -0.1) is 11.3 Å². The van der Waals surface area contributed by atoms with Crippen LogP contribution < -0.4 is 0 Å². The van der Waals surface area contributed by atoms with E-state index in [1.54, 1.807) is 11.3 Å². The second-order valence-corrected chi connectivity index (χ2v) is 3.86. The molecular weight excluding hydrogens is 178 g/mol. The summed E-state index contributed by atoms with van der Waals surface area (Å²) in [6, 6.07) is 10.2. The molecule has 0 saturated carbocycles. The molecule has 0 unspecified atom stereocenters. The normalized spacial score (nSPS) is 10.2. The van der Waals surface area contributed by atoms with Gasteiger partial charge in [0.2, 0.25) is 0 Å². The fourth-order valence-electron chi connectivity index (χ4n) is 1.14. The van der Waals surface area contributed by atoms with E-state index in [9.17, 15) is 0 Å². The predicted molar refractivity (Wildman–Crippen MR) is 56.6 cm³/mol. The molecule has 0 saturated heterocycles. The molecular formula is C11H10NS. The van der Waals surface area contributed by atoms with Crippen LogP contribution in [0, 0.1) is 6.92 Å². The van der Waals surface area contributed by atoms with Crippen LogP contribution in [0.15, 0.2) is 36.5 Å². The molecule has 0 atom stereocenters. The Morgan fingerprint density at radius 3 is 2.62 bits per heavy atom. The van der Waals surface area contributed by atoms with Crippen LogP contribution in [-0.4, -0.2) is 4.98 Å². The van der Waals surface area contributed by atoms with E-state index in [1.807, 2.05) is 24.4 Å². The highest BCUT2D eigenvalue weighted by Crippen LogP contribution is 2.24. The number of rotatable bonds is 2. The lowest BCUT2D eigenvalue weighted by Crippen LogP contribution is -1.71. The molecule has 0 aliphatic carbocycles. The molecule has 13 heavy (non-hydrogen) atoms. The molecule has 0 spiro atoms. The number of hydrogen-bond acceptors (Lipinski definition) is 2. The highest BCUT2D eigenvalue weighted by Gasteiger charge is 2.01. The van der Waals surface area contributed by atoms with Gasteiger partial charge < -0.3 is 0 Å². The Hall–Kier alpha value is -1.15. The van der Waals surface area contributed by atoms with Crippen molar-refractivity contribution >= 4 is 11.3 Å². The van der Waals surface area contributed by atoms with Gasteiger partial charge in [0.25, 0.3) is 0 Å². The second kappa shape index (κ2) is 3.71. The SMILES string of the molecule is [CH2]Cc1cnc(-c2ccccc2)s1. The highest BCUT2D eigenvalue weighted by molar-refractivity contribution is 7.15. The standard InChI is InChI=1S/C11H10NS/c1-2-10-8-12-11(13-10)9-6-4-3-5-7-9/h3-8H,1-2H2. The van der Waals surface area contributed by atoms with Crippen LogP contribution in [0.3, 0.4) is 0 Å². The van der Waals surface area contributed by atoms with E-state index in [0.29, 0.717) is 0 Å². The van der Waals surface area contributed by atoms with Crippen LogP contribution in [0.25, 0.3) is 10.6 Å². The van der Waals surface area contributed by atoms with Gasteiger partial charge in [-0.1, -0.05) is 30.3 Å². The number of nitrogens with zero attached hydrogens (tertiary/aromatic N) is 1. The van der Waals surface area contributed by atoms with Crippen molar-refractivity contribution in [2.45, 2.75) is 6.42 Å². The Morgan fingerprint density at radius 2 is 2.00 bits per heavy atom. The molecule has 0 aliphatic heterocycles. The van der Waals surface area contributed by atoms with Crippen LogP contribution >= 0.6 is 11.3 Å². The lowest BCUT2D eigenvalue weighted by Gasteiger charge is -1.92. The zero-order chi connectivity index (χ0) is 9.10. The topological polar surface area (TPSA) is 12.9 Å². The van der Waals surface area contributed by atoms with Crippen molar-refractivity contribution in [3.63, 3.8) is 0 Å². The smallest absolute Gasteiger partial charge is 0.123 e. The van der Waals surface area contributed by atoms with Crippen molar-refractivity contribution < 1.29 is 0 Å². The summed E-state index contributed by atoms with van der Waals surface area (Å²) in [6.07, 6.45) is 2.73. The minimum Gasteiger partial charge on any atom is -0.244 e. The first-order valence-corrected chi connectivity index (χ1v) is 5.01. The molecule has 0 aliphatic rings. The molecule has 1 aromatic heterocycles. The van der Waals surface area contributed by atoms with Crippen LogP contribution in [-0.2, 0) is 6.42 Å². The molecule has 2 rings (SSSR count). The van der Waals surface area contributed by atoms with E-state index in [2.05, 4.69) is 24.0 Å². The molecule has 2 aromatic rings. The third-order valence-corrected chi connectivity index (χ3v) is 2.93. The molecule has 0 bridgehead atoms. The fraction of sp³-hybridized carbons (Fsp3) is 0.0909. The van der Waals surface area contributed by atoms with Crippen molar-refractivity contribution in [1.82, 2.24) is 4.98 Å². The molecule has 65 valence electrons. The van der Waals surface area contributed by atoms with E-state index < -0.39 is 0 Å². The first kappa shape index (κ1) is 8.45. The fourth-order valence-corrected chi connectivity index (χ4v) is 1.95. The number of aromatic nitrogens is 1. The molecule has 0 fully saturated rings. The summed E-state index contributed by atoms with van der Waals surface area (Å²) in [5, 5.41) is 1.08. The van der Waals surface area contributed by atoms with Gasteiger partial charge >= 0.3 is 0 Å².